The van der Waals surface area contributed by atoms with E-state index >= 15 is 0 Å². The van der Waals surface area contributed by atoms with Crippen LogP contribution in [-0.2, 0) is 6.42 Å². The third kappa shape index (κ3) is 2.70. The van der Waals surface area contributed by atoms with Crippen LogP contribution in [0.3, 0.4) is 0 Å². The highest BCUT2D eigenvalue weighted by Gasteiger charge is 2.19. The summed E-state index contributed by atoms with van der Waals surface area (Å²) in [6, 6.07) is 6.77. The van der Waals surface area contributed by atoms with E-state index in [1.54, 1.807) is 30.5 Å². The van der Waals surface area contributed by atoms with E-state index in [1.807, 2.05) is 0 Å². The highest BCUT2D eigenvalue weighted by molar-refractivity contribution is 5.93. The van der Waals surface area contributed by atoms with Gasteiger partial charge >= 0.3 is 5.97 Å². The van der Waals surface area contributed by atoms with Crippen molar-refractivity contribution >= 4 is 5.97 Å². The third-order valence-electron chi connectivity index (χ3n) is 2.77. The molecule has 0 spiro atoms. The summed E-state index contributed by atoms with van der Waals surface area (Å²) in [6.07, 6.45) is 1.91. The van der Waals surface area contributed by atoms with E-state index in [4.69, 9.17) is 13.9 Å². The zero-order chi connectivity index (χ0) is 13.8. The average molecular weight is 262 g/mol. The van der Waals surface area contributed by atoms with Crippen LogP contribution < -0.4 is 9.47 Å². The Morgan fingerprint density at radius 3 is 2.63 bits per heavy atom. The van der Waals surface area contributed by atoms with Gasteiger partial charge in [-0.2, -0.15) is 0 Å². The lowest BCUT2D eigenvalue weighted by atomic mass is 10.0. The Balaban J connectivity index is 2.52. The van der Waals surface area contributed by atoms with Gasteiger partial charge in [-0.25, -0.2) is 4.79 Å². The maximum Gasteiger partial charge on any atom is 0.339 e. The molecule has 0 saturated heterocycles. The van der Waals surface area contributed by atoms with E-state index in [9.17, 15) is 9.90 Å². The van der Waals surface area contributed by atoms with Crippen LogP contribution in [-0.4, -0.2) is 25.3 Å². The Bertz CT molecular complexity index is 572. The van der Waals surface area contributed by atoms with Gasteiger partial charge in [0.1, 0.15) is 22.8 Å². The zero-order valence-corrected chi connectivity index (χ0v) is 10.7. The van der Waals surface area contributed by atoms with Crippen LogP contribution in [0.4, 0.5) is 0 Å². The van der Waals surface area contributed by atoms with Gasteiger partial charge in [-0.15, -0.1) is 0 Å². The summed E-state index contributed by atoms with van der Waals surface area (Å²) in [6.45, 7) is 0. The maximum absolute atomic E-state index is 11.4. The lowest BCUT2D eigenvalue weighted by Crippen LogP contribution is -2.06. The zero-order valence-electron chi connectivity index (χ0n) is 10.7. The molecule has 0 aliphatic rings. The van der Waals surface area contributed by atoms with Crippen molar-refractivity contribution in [3.63, 3.8) is 0 Å². The molecule has 0 radical (unpaired) electrons. The second kappa shape index (κ2) is 5.48. The summed E-state index contributed by atoms with van der Waals surface area (Å²) in [7, 11) is 2.95. The molecule has 2 aromatic rings. The number of carbonyl (C=O) groups is 1. The fourth-order valence-corrected chi connectivity index (χ4v) is 1.91. The lowest BCUT2D eigenvalue weighted by molar-refractivity contribution is 0.0692. The number of carboxylic acid groups (broad SMARTS) is 1. The Morgan fingerprint density at radius 1 is 1.32 bits per heavy atom. The molecule has 0 aliphatic heterocycles. The number of methoxy groups -OCH3 is 2. The number of rotatable bonds is 5. The smallest absolute Gasteiger partial charge is 0.339 e. The van der Waals surface area contributed by atoms with Crippen LogP contribution in [0.1, 0.15) is 21.7 Å². The first-order chi connectivity index (χ1) is 9.15. The molecule has 0 fully saturated rings. The molecule has 0 amide bonds. The van der Waals surface area contributed by atoms with Gasteiger partial charge in [-0.1, -0.05) is 0 Å². The number of hydrogen-bond donors (Lipinski definition) is 1. The molecule has 0 bridgehead atoms. The van der Waals surface area contributed by atoms with Crippen molar-refractivity contribution in [2.45, 2.75) is 6.42 Å². The maximum atomic E-state index is 11.4. The van der Waals surface area contributed by atoms with Gasteiger partial charge in [0.05, 0.1) is 20.5 Å². The molecule has 1 N–H and O–H groups in total. The van der Waals surface area contributed by atoms with Crippen molar-refractivity contribution in [3.05, 3.63) is 47.4 Å². The molecule has 0 atom stereocenters. The van der Waals surface area contributed by atoms with Crippen molar-refractivity contribution in [2.24, 2.45) is 0 Å². The minimum atomic E-state index is -1.04. The molecule has 1 aromatic carbocycles. The molecule has 5 nitrogen and oxygen atoms in total. The first-order valence-corrected chi connectivity index (χ1v) is 5.66. The number of furan rings is 1. The average Bonchev–Trinajstić information content (AvgIpc) is 2.90. The van der Waals surface area contributed by atoms with Gasteiger partial charge in [0, 0.05) is 12.5 Å². The standard InChI is InChI=1S/C14H14O5/c1-17-11-7-9(6-10-4-3-5-19-10)13(14(15)16)12(8-11)18-2/h3-5,7-8H,6H2,1-2H3,(H,15,16). The summed E-state index contributed by atoms with van der Waals surface area (Å²) in [5.41, 5.74) is 0.707. The predicted molar refractivity (Wildman–Crippen MR) is 68.0 cm³/mol. The molecule has 100 valence electrons. The number of hydrogen-bond acceptors (Lipinski definition) is 4. The third-order valence-corrected chi connectivity index (χ3v) is 2.77. The first-order valence-electron chi connectivity index (χ1n) is 5.66. The molecular formula is C14H14O5. The van der Waals surface area contributed by atoms with Crippen LogP contribution >= 0.6 is 0 Å². The molecule has 5 heteroatoms. The number of aromatic carboxylic acids is 1. The largest absolute Gasteiger partial charge is 0.497 e. The number of benzene rings is 1. The summed E-state index contributed by atoms with van der Waals surface area (Å²) in [4.78, 5) is 11.4. The van der Waals surface area contributed by atoms with Gasteiger partial charge in [0.25, 0.3) is 0 Å². The van der Waals surface area contributed by atoms with Gasteiger partial charge in [-0.05, 0) is 23.8 Å². The van der Waals surface area contributed by atoms with Crippen LogP contribution in [0.2, 0.25) is 0 Å². The van der Waals surface area contributed by atoms with Crippen molar-refractivity contribution in [2.75, 3.05) is 14.2 Å². The lowest BCUT2D eigenvalue weighted by Gasteiger charge is -2.12. The summed E-state index contributed by atoms with van der Waals surface area (Å²) in [5, 5.41) is 9.32. The van der Waals surface area contributed by atoms with Gasteiger partial charge in [0.2, 0.25) is 0 Å². The number of ether oxygens (including phenoxy) is 2. The monoisotopic (exact) mass is 262 g/mol. The summed E-state index contributed by atoms with van der Waals surface area (Å²) >= 11 is 0. The molecule has 19 heavy (non-hydrogen) atoms. The van der Waals surface area contributed by atoms with E-state index in [0.717, 1.165) is 0 Å². The van der Waals surface area contributed by atoms with Crippen LogP contribution in [0.15, 0.2) is 34.9 Å². The Hall–Kier alpha value is -2.43. The van der Waals surface area contributed by atoms with Crippen molar-refractivity contribution in [1.29, 1.82) is 0 Å². The molecule has 0 unspecified atom stereocenters. The van der Waals surface area contributed by atoms with E-state index < -0.39 is 5.97 Å². The van der Waals surface area contributed by atoms with Gasteiger partial charge < -0.3 is 19.0 Å². The van der Waals surface area contributed by atoms with Crippen molar-refractivity contribution in [1.82, 2.24) is 0 Å². The molecule has 2 rings (SSSR count). The Kier molecular flexibility index (Phi) is 3.75. The quantitative estimate of drug-likeness (QED) is 0.896. The minimum Gasteiger partial charge on any atom is -0.497 e. The highest BCUT2D eigenvalue weighted by atomic mass is 16.5. The highest BCUT2D eigenvalue weighted by Crippen LogP contribution is 2.30. The molecule has 0 saturated carbocycles. The van der Waals surface area contributed by atoms with E-state index in [1.165, 1.54) is 14.2 Å². The van der Waals surface area contributed by atoms with Crippen molar-refractivity contribution in [3.8, 4) is 11.5 Å². The van der Waals surface area contributed by atoms with Crippen LogP contribution in [0, 0.1) is 0 Å². The fourth-order valence-electron chi connectivity index (χ4n) is 1.91. The van der Waals surface area contributed by atoms with E-state index in [-0.39, 0.29) is 11.3 Å². The molecular weight excluding hydrogens is 248 g/mol. The van der Waals surface area contributed by atoms with Gasteiger partial charge in [-0.3, -0.25) is 0 Å². The summed E-state index contributed by atoms with van der Waals surface area (Å²) < 4.78 is 15.5. The molecule has 1 heterocycles. The van der Waals surface area contributed by atoms with Crippen LogP contribution in [0.5, 0.6) is 11.5 Å². The SMILES string of the molecule is COc1cc(Cc2ccco2)c(C(=O)O)c(OC)c1. The first kappa shape index (κ1) is 13.0. The van der Waals surface area contributed by atoms with Gasteiger partial charge in [0.15, 0.2) is 0 Å². The minimum absolute atomic E-state index is 0.125. The Labute approximate surface area is 110 Å². The van der Waals surface area contributed by atoms with Crippen molar-refractivity contribution < 1.29 is 23.8 Å². The summed E-state index contributed by atoms with van der Waals surface area (Å²) in [5.74, 6) is 0.454. The normalized spacial score (nSPS) is 10.2. The topological polar surface area (TPSA) is 68.9 Å². The van der Waals surface area contributed by atoms with E-state index in [0.29, 0.717) is 23.5 Å². The molecule has 1 aromatic heterocycles. The molecule has 0 aliphatic carbocycles. The van der Waals surface area contributed by atoms with Crippen LogP contribution in [0.25, 0.3) is 0 Å². The predicted octanol–water partition coefficient (Wildman–Crippen LogP) is 2.59. The second-order valence-electron chi connectivity index (χ2n) is 3.93. The fraction of sp³-hybridized carbons (Fsp3) is 0.214. The Morgan fingerprint density at radius 2 is 2.11 bits per heavy atom. The second-order valence-corrected chi connectivity index (χ2v) is 3.93. The number of carboxylic acids is 1. The van der Waals surface area contributed by atoms with E-state index in [2.05, 4.69) is 0 Å².